The summed E-state index contributed by atoms with van der Waals surface area (Å²) in [6, 6.07) is 0. The predicted molar refractivity (Wildman–Crippen MR) is 222 cm³/mol. The molecule has 1 atom stereocenters. The fourth-order valence-corrected chi connectivity index (χ4v) is 4.66. The third-order valence-electron chi connectivity index (χ3n) is 7.97. The number of unbranched alkanes of at least 4 members (excludes halogenated alkanes) is 12. The van der Waals surface area contributed by atoms with Gasteiger partial charge in [-0.2, -0.15) is 0 Å². The average molecular weight is 795 g/mol. The van der Waals surface area contributed by atoms with Gasteiger partial charge in [0.1, 0.15) is 6.10 Å². The maximum Gasteiger partial charge on any atom is 0.314 e. The van der Waals surface area contributed by atoms with Crippen LogP contribution in [0, 0.1) is 0 Å². The Labute approximate surface area is 339 Å². The van der Waals surface area contributed by atoms with Crippen molar-refractivity contribution in [1.29, 1.82) is 0 Å². The van der Waals surface area contributed by atoms with Crippen LogP contribution in [0.2, 0.25) is 0 Å². The largest absolute Gasteiger partial charge is 0.466 e. The highest BCUT2D eigenvalue weighted by molar-refractivity contribution is 5.88. The number of carbonyl (C=O) groups is 6. The molecule has 11 nitrogen and oxygen atoms in total. The minimum atomic E-state index is -0.828. The van der Waals surface area contributed by atoms with Crippen molar-refractivity contribution in [2.24, 2.45) is 0 Å². The Kier molecular flexibility index (Phi) is 46.1. The maximum atomic E-state index is 11.6. The number of carbonyl (C=O) groups excluding carboxylic acids is 6. The molecular weight excluding hydrogens is 716 g/mol. The molecule has 56 heavy (non-hydrogen) atoms. The van der Waals surface area contributed by atoms with Crippen LogP contribution in [0.1, 0.15) is 203 Å². The lowest BCUT2D eigenvalue weighted by Crippen LogP contribution is -2.15. The Bertz CT molecular complexity index is 1030. The molecule has 0 aliphatic carbocycles. The first kappa shape index (κ1) is 56.6. The summed E-state index contributed by atoms with van der Waals surface area (Å²) >= 11 is 0. The van der Waals surface area contributed by atoms with Gasteiger partial charge in [0.25, 0.3) is 0 Å². The van der Waals surface area contributed by atoms with Gasteiger partial charge in [-0.25, -0.2) is 0 Å². The van der Waals surface area contributed by atoms with Crippen LogP contribution >= 0.6 is 0 Å². The number of rotatable bonds is 31. The normalized spacial score (nSPS) is 11.3. The van der Waals surface area contributed by atoms with Crippen LogP contribution in [-0.2, 0) is 52.5 Å². The molecule has 0 saturated heterocycles. The summed E-state index contributed by atoms with van der Waals surface area (Å²) in [6.45, 7) is 14.5. The van der Waals surface area contributed by atoms with E-state index in [0.29, 0.717) is 13.0 Å². The van der Waals surface area contributed by atoms with Crippen LogP contribution < -0.4 is 0 Å². The smallest absolute Gasteiger partial charge is 0.314 e. The van der Waals surface area contributed by atoms with Crippen LogP contribution in [0.15, 0.2) is 36.8 Å². The number of allylic oxidation sites excluding steroid dienone is 4. The average Bonchev–Trinajstić information content (AvgIpc) is 3.18. The molecule has 11 heteroatoms. The molecule has 0 saturated carbocycles. The Hall–Kier alpha value is -3.76. The van der Waals surface area contributed by atoms with Crippen molar-refractivity contribution in [3.05, 3.63) is 36.8 Å². The van der Waals surface area contributed by atoms with Crippen LogP contribution in [0.25, 0.3) is 0 Å². The predicted octanol–water partition coefficient (Wildman–Crippen LogP) is 11.7. The lowest BCUT2D eigenvalue weighted by molar-refractivity contribution is -0.162. The highest BCUT2D eigenvalue weighted by Crippen LogP contribution is 2.10. The summed E-state index contributed by atoms with van der Waals surface area (Å²) < 4.78 is 24.4. The van der Waals surface area contributed by atoms with Crippen molar-refractivity contribution < 1.29 is 52.5 Å². The summed E-state index contributed by atoms with van der Waals surface area (Å²) in [5, 5.41) is 0. The van der Waals surface area contributed by atoms with Gasteiger partial charge in [0, 0.05) is 13.3 Å². The molecule has 0 aromatic carbocycles. The van der Waals surface area contributed by atoms with Gasteiger partial charge < -0.3 is 23.7 Å². The Balaban J connectivity index is -0.000000916. The Morgan fingerprint density at radius 1 is 0.500 bits per heavy atom. The molecule has 0 N–H and O–H groups in total. The van der Waals surface area contributed by atoms with E-state index in [0.717, 1.165) is 89.9 Å². The summed E-state index contributed by atoms with van der Waals surface area (Å²) in [4.78, 5) is 67.6. The third kappa shape index (κ3) is 48.3. The second-order valence-electron chi connectivity index (χ2n) is 13.4. The second-order valence-corrected chi connectivity index (χ2v) is 13.4. The zero-order valence-corrected chi connectivity index (χ0v) is 36.2. The van der Waals surface area contributed by atoms with Crippen LogP contribution in [-0.4, -0.2) is 48.5 Å². The molecule has 324 valence electrons. The van der Waals surface area contributed by atoms with E-state index in [1.165, 1.54) is 51.6 Å². The molecule has 0 rings (SSSR count). The van der Waals surface area contributed by atoms with E-state index in [1.54, 1.807) is 12.2 Å². The topological polar surface area (TPSA) is 149 Å². The lowest BCUT2D eigenvalue weighted by Gasteiger charge is -2.14. The van der Waals surface area contributed by atoms with E-state index in [2.05, 4.69) is 51.5 Å². The minimum absolute atomic E-state index is 0.0934. The molecular formula is C45H78O11. The van der Waals surface area contributed by atoms with Crippen LogP contribution in [0.4, 0.5) is 0 Å². The van der Waals surface area contributed by atoms with Crippen molar-refractivity contribution in [2.75, 3.05) is 6.61 Å². The fourth-order valence-electron chi connectivity index (χ4n) is 4.66. The van der Waals surface area contributed by atoms with Crippen LogP contribution in [0.5, 0.6) is 0 Å². The van der Waals surface area contributed by atoms with Crippen molar-refractivity contribution in [3.8, 4) is 0 Å². The van der Waals surface area contributed by atoms with Gasteiger partial charge in [0.2, 0.25) is 0 Å². The lowest BCUT2D eigenvalue weighted by atomic mass is 10.1. The molecule has 0 spiro atoms. The molecule has 0 aliphatic rings. The first-order valence-corrected chi connectivity index (χ1v) is 21.4. The first-order valence-electron chi connectivity index (χ1n) is 21.4. The fraction of sp³-hybridized carbons (Fsp3) is 0.733. The minimum Gasteiger partial charge on any atom is -0.466 e. The summed E-state index contributed by atoms with van der Waals surface area (Å²) in [5.41, 5.74) is 0. The van der Waals surface area contributed by atoms with Crippen molar-refractivity contribution >= 4 is 35.8 Å². The second kappa shape index (κ2) is 45.6. The summed E-state index contributed by atoms with van der Waals surface area (Å²) in [5.74, 6) is -3.04. The number of esters is 6. The van der Waals surface area contributed by atoms with E-state index in [4.69, 9.17) is 18.9 Å². The van der Waals surface area contributed by atoms with E-state index in [1.807, 2.05) is 6.92 Å². The molecule has 1 unspecified atom stereocenters. The summed E-state index contributed by atoms with van der Waals surface area (Å²) in [7, 11) is 0. The number of hydrogen-bond donors (Lipinski definition) is 0. The molecule has 0 fully saturated rings. The third-order valence-corrected chi connectivity index (χ3v) is 7.97. The molecule has 0 bridgehead atoms. The van der Waals surface area contributed by atoms with Gasteiger partial charge in [-0.3, -0.25) is 28.8 Å². The number of hydrogen-bond acceptors (Lipinski definition) is 11. The van der Waals surface area contributed by atoms with Gasteiger partial charge in [-0.1, -0.05) is 105 Å². The zero-order chi connectivity index (χ0) is 42.5. The van der Waals surface area contributed by atoms with Gasteiger partial charge in [-0.05, 0) is 82.8 Å². The van der Waals surface area contributed by atoms with E-state index < -0.39 is 23.9 Å². The Morgan fingerprint density at radius 3 is 1.41 bits per heavy atom. The molecule has 0 heterocycles. The molecule has 0 aliphatic heterocycles. The maximum absolute atomic E-state index is 11.6. The Morgan fingerprint density at radius 2 is 0.964 bits per heavy atom. The standard InChI is InChI=1S/C24H38O7.C11H20O2.C10H20O2/c1-3-5-7-9-11-13-19-29-21(25)15-17-23(27)31-24(28)18-16-22(26)30-20-14-12-10-8-6-4-2;1-3-5-6-7-8-9-10-13-11(12)4-2;1-4-6-7-8-10(5-2)12-9(3)11/h13-14,19-20H,3-12,15-18H2,1-2H3;5-6H,3-4,7-10H2,1-2H3;10H,4-8H2,1-3H3/b;6-5-;. The van der Waals surface area contributed by atoms with E-state index in [9.17, 15) is 28.8 Å². The number of ether oxygens (including phenoxy) is 5. The zero-order valence-electron chi connectivity index (χ0n) is 36.2. The van der Waals surface area contributed by atoms with Crippen molar-refractivity contribution in [3.63, 3.8) is 0 Å². The molecule has 0 aromatic rings. The first-order chi connectivity index (χ1) is 27.0. The SMILES string of the molecule is CC/C=C\CCCCOC(=O)CC.CCCCCC(CC)OC(C)=O.CCCCCCC=COC(=O)CCC(=O)OC(=O)CCC(=O)OC=CCCCCCC. The van der Waals surface area contributed by atoms with E-state index in [-0.39, 0.29) is 43.7 Å². The van der Waals surface area contributed by atoms with Crippen LogP contribution in [0.3, 0.4) is 0 Å². The van der Waals surface area contributed by atoms with Gasteiger partial charge >= 0.3 is 35.8 Å². The highest BCUT2D eigenvalue weighted by atomic mass is 16.6. The molecule has 0 aromatic heterocycles. The van der Waals surface area contributed by atoms with Crippen molar-refractivity contribution in [2.45, 2.75) is 209 Å². The monoisotopic (exact) mass is 795 g/mol. The highest BCUT2D eigenvalue weighted by Gasteiger charge is 2.15. The molecule has 0 radical (unpaired) electrons. The van der Waals surface area contributed by atoms with Gasteiger partial charge in [0.05, 0.1) is 44.8 Å². The van der Waals surface area contributed by atoms with E-state index >= 15 is 0 Å². The van der Waals surface area contributed by atoms with Crippen molar-refractivity contribution in [1.82, 2.24) is 0 Å². The van der Waals surface area contributed by atoms with Gasteiger partial charge in [-0.15, -0.1) is 0 Å². The quantitative estimate of drug-likeness (QED) is 0.0165. The van der Waals surface area contributed by atoms with Gasteiger partial charge in [0.15, 0.2) is 0 Å². The summed E-state index contributed by atoms with van der Waals surface area (Å²) in [6.07, 6.45) is 30.9. The molecule has 0 amide bonds.